The van der Waals surface area contributed by atoms with Crippen molar-refractivity contribution in [2.24, 2.45) is 11.7 Å². The minimum atomic E-state index is -3.60. The quantitative estimate of drug-likeness (QED) is 0.365. The Labute approximate surface area is 202 Å². The van der Waals surface area contributed by atoms with Crippen molar-refractivity contribution in [2.45, 2.75) is 51.4 Å². The molecule has 0 aliphatic carbocycles. The number of nitrogens with zero attached hydrogens (tertiary/aromatic N) is 1. The SMILES string of the molecule is CCOP(=O)(CC(=O)[N@+]1(C(=O)O)CC(Cc2ccccc2)CC1C)C(N)CCc1ccccc1. The largest absolute Gasteiger partial charge is 0.521 e. The van der Waals surface area contributed by atoms with Gasteiger partial charge in [-0.3, -0.25) is 4.57 Å². The summed E-state index contributed by atoms with van der Waals surface area (Å²) in [7, 11) is -3.60. The molecule has 8 heteroatoms. The highest BCUT2D eigenvalue weighted by molar-refractivity contribution is 7.60. The van der Waals surface area contributed by atoms with Gasteiger partial charge in [-0.25, -0.2) is 4.79 Å². The molecule has 1 aliphatic heterocycles. The van der Waals surface area contributed by atoms with Gasteiger partial charge in [0.2, 0.25) is 7.37 Å². The first-order valence-corrected chi connectivity index (χ1v) is 13.8. The van der Waals surface area contributed by atoms with Crippen LogP contribution >= 0.6 is 7.37 Å². The van der Waals surface area contributed by atoms with Gasteiger partial charge in [-0.1, -0.05) is 60.7 Å². The number of carbonyl (C=O) groups is 2. The van der Waals surface area contributed by atoms with Crippen molar-refractivity contribution in [3.8, 4) is 0 Å². The number of likely N-dealkylation sites (tertiary alicyclic amines) is 1. The molecule has 2 aromatic carbocycles. The highest BCUT2D eigenvalue weighted by Gasteiger charge is 2.57. The Hall–Kier alpha value is -2.31. The number of benzene rings is 2. The number of imide groups is 1. The minimum absolute atomic E-state index is 0.0377. The Balaban J connectivity index is 1.76. The second kappa shape index (κ2) is 11.4. The molecule has 2 aromatic rings. The molecule has 5 atom stereocenters. The monoisotopic (exact) mass is 487 g/mol. The van der Waals surface area contributed by atoms with Gasteiger partial charge in [0.15, 0.2) is 0 Å². The normalized spacial score (nSPS) is 24.9. The summed E-state index contributed by atoms with van der Waals surface area (Å²) in [5, 5.41) is 10.2. The summed E-state index contributed by atoms with van der Waals surface area (Å²) in [5.74, 6) is -1.39. The third-order valence-corrected chi connectivity index (χ3v) is 9.58. The van der Waals surface area contributed by atoms with Crippen molar-refractivity contribution in [3.63, 3.8) is 0 Å². The minimum Gasteiger partial charge on any atom is -0.435 e. The zero-order valence-corrected chi connectivity index (χ0v) is 20.9. The maximum Gasteiger partial charge on any atom is 0.521 e. The smallest absolute Gasteiger partial charge is 0.435 e. The molecule has 2 amide bonds. The fraction of sp³-hybridized carbons (Fsp3) is 0.462. The Kier molecular flexibility index (Phi) is 8.83. The van der Waals surface area contributed by atoms with Crippen LogP contribution in [-0.4, -0.2) is 52.7 Å². The van der Waals surface area contributed by atoms with E-state index in [1.807, 2.05) is 60.7 Å². The maximum atomic E-state index is 13.8. The van der Waals surface area contributed by atoms with E-state index in [0.29, 0.717) is 25.7 Å². The summed E-state index contributed by atoms with van der Waals surface area (Å²) in [4.78, 5) is 26.1. The van der Waals surface area contributed by atoms with E-state index in [1.165, 1.54) is 0 Å². The van der Waals surface area contributed by atoms with Gasteiger partial charge in [0, 0.05) is 12.3 Å². The molecule has 0 bridgehead atoms. The summed E-state index contributed by atoms with van der Waals surface area (Å²) in [6, 6.07) is 19.1. The Morgan fingerprint density at radius 2 is 1.71 bits per heavy atom. The van der Waals surface area contributed by atoms with E-state index in [9.17, 15) is 19.3 Å². The molecule has 1 saturated heterocycles. The van der Waals surface area contributed by atoms with E-state index >= 15 is 0 Å². The van der Waals surface area contributed by atoms with Gasteiger partial charge in [0.05, 0.1) is 18.9 Å². The average Bonchev–Trinajstić information content (AvgIpc) is 3.15. The highest BCUT2D eigenvalue weighted by Crippen LogP contribution is 2.52. The predicted molar refractivity (Wildman–Crippen MR) is 133 cm³/mol. The standard InChI is InChI=1S/C26H35N2O5P/c1-3-33-34(32,24(27)15-14-21-10-6-4-7-11-21)19-25(29)28(26(30)31)18-23(16-20(28)2)17-22-12-8-5-9-13-22/h4-13,20,23-24H,3,14-19,27H2,1-2H3/p+1/t20?,23?,24?,28-,34?/m0/s1. The van der Waals surface area contributed by atoms with Crippen LogP contribution in [0.2, 0.25) is 0 Å². The Morgan fingerprint density at radius 1 is 1.12 bits per heavy atom. The summed E-state index contributed by atoms with van der Waals surface area (Å²) in [6.45, 7) is 3.81. The van der Waals surface area contributed by atoms with Gasteiger partial charge in [-0.05, 0) is 44.2 Å². The number of hydrogen-bond acceptors (Lipinski definition) is 5. The van der Waals surface area contributed by atoms with Crippen molar-refractivity contribution in [1.82, 2.24) is 0 Å². The van der Waals surface area contributed by atoms with E-state index in [0.717, 1.165) is 11.1 Å². The molecule has 0 spiro atoms. The number of carbonyl (C=O) groups excluding carboxylic acids is 1. The van der Waals surface area contributed by atoms with Crippen molar-refractivity contribution in [2.75, 3.05) is 19.3 Å². The summed E-state index contributed by atoms with van der Waals surface area (Å²) in [6.07, 6.45) is 0.618. The van der Waals surface area contributed by atoms with Gasteiger partial charge in [0.25, 0.3) is 0 Å². The second-order valence-corrected chi connectivity index (χ2v) is 12.0. The van der Waals surface area contributed by atoms with Crippen LogP contribution in [0.1, 0.15) is 37.8 Å². The van der Waals surface area contributed by atoms with E-state index in [4.69, 9.17) is 10.3 Å². The molecular weight excluding hydrogens is 451 g/mol. The number of hydrogen-bond donors (Lipinski definition) is 2. The van der Waals surface area contributed by atoms with Crippen LogP contribution in [0.25, 0.3) is 0 Å². The van der Waals surface area contributed by atoms with Gasteiger partial charge < -0.3 is 15.4 Å². The molecule has 0 aromatic heterocycles. The number of aryl methyl sites for hydroxylation is 1. The molecule has 0 saturated carbocycles. The Bertz CT molecular complexity index is 1020. The van der Waals surface area contributed by atoms with E-state index in [2.05, 4.69) is 0 Å². The lowest BCUT2D eigenvalue weighted by atomic mass is 9.97. The van der Waals surface area contributed by atoms with Crippen LogP contribution < -0.4 is 5.73 Å². The third-order valence-electron chi connectivity index (χ3n) is 6.91. The van der Waals surface area contributed by atoms with Crippen molar-refractivity contribution >= 4 is 19.4 Å². The fourth-order valence-electron chi connectivity index (χ4n) is 5.09. The number of carboxylic acid groups (broad SMARTS) is 1. The predicted octanol–water partition coefficient (Wildman–Crippen LogP) is 4.89. The number of nitrogens with two attached hydrogens (primary N) is 1. The summed E-state index contributed by atoms with van der Waals surface area (Å²) < 4.78 is 18.7. The second-order valence-electron chi connectivity index (χ2n) is 9.26. The van der Waals surface area contributed by atoms with E-state index < -0.39 is 41.8 Å². The molecule has 3 N–H and O–H groups in total. The van der Waals surface area contributed by atoms with Gasteiger partial charge in [-0.15, -0.1) is 0 Å². The first kappa shape index (κ1) is 26.3. The number of rotatable bonds is 10. The topological polar surface area (TPSA) is 107 Å². The van der Waals surface area contributed by atoms with Crippen molar-refractivity contribution in [3.05, 3.63) is 71.8 Å². The highest BCUT2D eigenvalue weighted by atomic mass is 31.2. The third kappa shape index (κ3) is 5.84. The molecular formula is C26H36N2O5P+. The zero-order valence-electron chi connectivity index (χ0n) is 20.0. The average molecular weight is 488 g/mol. The lowest BCUT2D eigenvalue weighted by Crippen LogP contribution is -2.60. The molecule has 4 unspecified atom stereocenters. The lowest BCUT2D eigenvalue weighted by Gasteiger charge is -2.32. The zero-order chi connectivity index (χ0) is 24.8. The van der Waals surface area contributed by atoms with Gasteiger partial charge in [-0.2, -0.15) is 9.28 Å². The van der Waals surface area contributed by atoms with E-state index in [1.54, 1.807) is 13.8 Å². The first-order chi connectivity index (χ1) is 16.2. The summed E-state index contributed by atoms with van der Waals surface area (Å²) >= 11 is 0. The van der Waals surface area contributed by atoms with Gasteiger partial charge >= 0.3 is 12.0 Å². The van der Waals surface area contributed by atoms with Gasteiger partial charge in [0.1, 0.15) is 12.2 Å². The van der Waals surface area contributed by atoms with Crippen LogP contribution in [0.3, 0.4) is 0 Å². The molecule has 3 rings (SSSR count). The van der Waals surface area contributed by atoms with Crippen LogP contribution in [0, 0.1) is 5.92 Å². The van der Waals surface area contributed by atoms with Crippen LogP contribution in [0.4, 0.5) is 4.79 Å². The van der Waals surface area contributed by atoms with Crippen LogP contribution in [0.5, 0.6) is 0 Å². The molecule has 184 valence electrons. The molecule has 34 heavy (non-hydrogen) atoms. The maximum absolute atomic E-state index is 13.8. The molecule has 7 nitrogen and oxygen atoms in total. The lowest BCUT2D eigenvalue weighted by molar-refractivity contribution is -0.792. The molecule has 1 aliphatic rings. The Morgan fingerprint density at radius 3 is 2.26 bits per heavy atom. The fourth-order valence-corrected chi connectivity index (χ4v) is 7.19. The van der Waals surface area contributed by atoms with Crippen LogP contribution in [-0.2, 0) is 26.7 Å². The van der Waals surface area contributed by atoms with Crippen molar-refractivity contribution in [1.29, 1.82) is 0 Å². The van der Waals surface area contributed by atoms with Crippen LogP contribution in [0.15, 0.2) is 60.7 Å². The van der Waals surface area contributed by atoms with Crippen molar-refractivity contribution < 1.29 is 28.3 Å². The molecule has 1 fully saturated rings. The van der Waals surface area contributed by atoms with E-state index in [-0.39, 0.29) is 19.1 Å². The molecule has 0 radical (unpaired) electrons. The molecule has 1 heterocycles. The summed E-state index contributed by atoms with van der Waals surface area (Å²) in [5.41, 5.74) is 8.49. The number of amides is 2. The first-order valence-electron chi connectivity index (χ1n) is 11.9. The number of quaternary nitrogens is 1.